The smallest absolute Gasteiger partial charge is 0.353 e. The summed E-state index contributed by atoms with van der Waals surface area (Å²) in [6.07, 6.45) is -4.28. The Morgan fingerprint density at radius 3 is 2.60 bits per heavy atom. The number of halogens is 3. The van der Waals surface area contributed by atoms with Gasteiger partial charge in [-0.1, -0.05) is 13.8 Å². The van der Waals surface area contributed by atoms with Crippen LogP contribution in [-0.2, 0) is 4.79 Å². The number of hydrogen-bond donors (Lipinski definition) is 1. The fourth-order valence-corrected chi connectivity index (χ4v) is 1.67. The summed E-state index contributed by atoms with van der Waals surface area (Å²) in [5.74, 6) is -0.225. The van der Waals surface area contributed by atoms with E-state index in [-0.39, 0.29) is 31.5 Å². The van der Waals surface area contributed by atoms with Crippen LogP contribution in [0.2, 0.25) is 0 Å². The fourth-order valence-electron chi connectivity index (χ4n) is 1.67. The van der Waals surface area contributed by atoms with Crippen molar-refractivity contribution in [2.24, 2.45) is 5.92 Å². The lowest BCUT2D eigenvalue weighted by Crippen LogP contribution is -2.60. The molecule has 1 heterocycles. The maximum Gasteiger partial charge on any atom is 0.405 e. The lowest BCUT2D eigenvalue weighted by Gasteiger charge is -2.37. The summed E-state index contributed by atoms with van der Waals surface area (Å²) in [5, 5.41) is 2.24. The number of piperazine rings is 1. The Balaban J connectivity index is 2.70. The Labute approximate surface area is 86.6 Å². The predicted molar refractivity (Wildman–Crippen MR) is 49.3 cm³/mol. The van der Waals surface area contributed by atoms with Crippen LogP contribution < -0.4 is 5.32 Å². The first-order valence-corrected chi connectivity index (χ1v) is 4.88. The molecule has 1 unspecified atom stereocenters. The Hall–Kier alpha value is -0.780. The summed E-state index contributed by atoms with van der Waals surface area (Å²) in [5.41, 5.74) is 0. The molecule has 1 fully saturated rings. The SMILES string of the molecule is CC(C)CN1CC(=O)NCC1C(F)(F)F. The maximum absolute atomic E-state index is 12.6. The quantitative estimate of drug-likeness (QED) is 0.759. The van der Waals surface area contributed by atoms with E-state index in [1.165, 1.54) is 4.90 Å². The van der Waals surface area contributed by atoms with Crippen LogP contribution >= 0.6 is 0 Å². The fraction of sp³-hybridized carbons (Fsp3) is 0.889. The topological polar surface area (TPSA) is 32.3 Å². The van der Waals surface area contributed by atoms with Gasteiger partial charge in [-0.3, -0.25) is 9.69 Å². The van der Waals surface area contributed by atoms with E-state index in [9.17, 15) is 18.0 Å². The highest BCUT2D eigenvalue weighted by atomic mass is 19.4. The van der Waals surface area contributed by atoms with Crippen molar-refractivity contribution in [2.75, 3.05) is 19.6 Å². The molecule has 3 nitrogen and oxygen atoms in total. The maximum atomic E-state index is 12.6. The zero-order chi connectivity index (χ0) is 11.6. The average Bonchev–Trinajstić information content (AvgIpc) is 1.99. The summed E-state index contributed by atoms with van der Waals surface area (Å²) in [4.78, 5) is 12.2. The van der Waals surface area contributed by atoms with Crippen LogP contribution in [0.4, 0.5) is 13.2 Å². The number of alkyl halides is 3. The van der Waals surface area contributed by atoms with Gasteiger partial charge >= 0.3 is 6.18 Å². The Bertz CT molecular complexity index is 240. The van der Waals surface area contributed by atoms with Crippen LogP contribution in [0.1, 0.15) is 13.8 Å². The second kappa shape index (κ2) is 4.38. The monoisotopic (exact) mass is 224 g/mol. The van der Waals surface area contributed by atoms with Gasteiger partial charge in [-0.15, -0.1) is 0 Å². The van der Waals surface area contributed by atoms with Crippen LogP contribution in [-0.4, -0.2) is 42.7 Å². The third-order valence-electron chi connectivity index (χ3n) is 2.26. The molecule has 1 atom stereocenters. The van der Waals surface area contributed by atoms with Gasteiger partial charge in [0, 0.05) is 13.1 Å². The van der Waals surface area contributed by atoms with Gasteiger partial charge in [0.1, 0.15) is 6.04 Å². The van der Waals surface area contributed by atoms with Crippen LogP contribution in [0.3, 0.4) is 0 Å². The van der Waals surface area contributed by atoms with Crippen LogP contribution in [0.25, 0.3) is 0 Å². The van der Waals surface area contributed by atoms with Crippen molar-refractivity contribution in [3.05, 3.63) is 0 Å². The van der Waals surface area contributed by atoms with Gasteiger partial charge in [0.15, 0.2) is 0 Å². The van der Waals surface area contributed by atoms with E-state index in [4.69, 9.17) is 0 Å². The number of rotatable bonds is 2. The highest BCUT2D eigenvalue weighted by Gasteiger charge is 2.46. The molecular weight excluding hydrogens is 209 g/mol. The van der Waals surface area contributed by atoms with E-state index in [0.29, 0.717) is 0 Å². The van der Waals surface area contributed by atoms with Gasteiger partial charge in [0.05, 0.1) is 6.54 Å². The molecule has 1 N–H and O–H groups in total. The van der Waals surface area contributed by atoms with E-state index in [2.05, 4.69) is 5.32 Å². The van der Waals surface area contributed by atoms with Crippen molar-refractivity contribution in [3.63, 3.8) is 0 Å². The van der Waals surface area contributed by atoms with Crippen LogP contribution in [0, 0.1) is 5.92 Å². The van der Waals surface area contributed by atoms with E-state index in [0.717, 1.165) is 0 Å². The highest BCUT2D eigenvalue weighted by Crippen LogP contribution is 2.26. The number of hydrogen-bond acceptors (Lipinski definition) is 2. The molecule has 0 aromatic rings. The van der Waals surface area contributed by atoms with Gasteiger partial charge in [0.2, 0.25) is 5.91 Å². The summed E-state index contributed by atoms with van der Waals surface area (Å²) in [7, 11) is 0. The number of nitrogens with one attached hydrogen (secondary N) is 1. The normalized spacial score (nSPS) is 24.4. The van der Waals surface area contributed by atoms with E-state index in [1.807, 2.05) is 13.8 Å². The average molecular weight is 224 g/mol. The van der Waals surface area contributed by atoms with Gasteiger partial charge < -0.3 is 5.32 Å². The highest BCUT2D eigenvalue weighted by molar-refractivity contribution is 5.78. The third kappa shape index (κ3) is 3.37. The molecule has 1 aliphatic rings. The van der Waals surface area contributed by atoms with Gasteiger partial charge in [0.25, 0.3) is 0 Å². The zero-order valence-corrected chi connectivity index (χ0v) is 8.77. The van der Waals surface area contributed by atoms with Gasteiger partial charge in [-0.2, -0.15) is 13.2 Å². The van der Waals surface area contributed by atoms with Gasteiger partial charge in [-0.05, 0) is 5.92 Å². The first-order chi connectivity index (χ1) is 6.80. The van der Waals surface area contributed by atoms with E-state index >= 15 is 0 Å². The summed E-state index contributed by atoms with van der Waals surface area (Å²) in [6.45, 7) is 3.45. The largest absolute Gasteiger partial charge is 0.405 e. The second-order valence-corrected chi connectivity index (χ2v) is 4.18. The lowest BCUT2D eigenvalue weighted by atomic mass is 10.1. The second-order valence-electron chi connectivity index (χ2n) is 4.18. The molecule has 6 heteroatoms. The third-order valence-corrected chi connectivity index (χ3v) is 2.26. The zero-order valence-electron chi connectivity index (χ0n) is 8.77. The summed E-state index contributed by atoms with van der Waals surface area (Å²) >= 11 is 0. The Kier molecular flexibility index (Phi) is 3.59. The molecule has 15 heavy (non-hydrogen) atoms. The number of nitrogens with zero attached hydrogens (tertiary/aromatic N) is 1. The molecule has 0 aliphatic carbocycles. The van der Waals surface area contributed by atoms with Gasteiger partial charge in [-0.25, -0.2) is 0 Å². The van der Waals surface area contributed by atoms with Crippen LogP contribution in [0.5, 0.6) is 0 Å². The molecular formula is C9H15F3N2O. The minimum atomic E-state index is -4.28. The number of carbonyl (C=O) groups excluding carboxylic acids is 1. The molecule has 1 aliphatic heterocycles. The van der Waals surface area contributed by atoms with Crippen LogP contribution in [0.15, 0.2) is 0 Å². The van der Waals surface area contributed by atoms with Crippen molar-refractivity contribution < 1.29 is 18.0 Å². The van der Waals surface area contributed by atoms with E-state index in [1.54, 1.807) is 0 Å². The van der Waals surface area contributed by atoms with Crippen molar-refractivity contribution in [1.82, 2.24) is 10.2 Å². The molecule has 0 saturated carbocycles. The van der Waals surface area contributed by atoms with Crippen molar-refractivity contribution >= 4 is 5.91 Å². The van der Waals surface area contributed by atoms with Crippen molar-refractivity contribution in [3.8, 4) is 0 Å². The van der Waals surface area contributed by atoms with Crippen molar-refractivity contribution in [1.29, 1.82) is 0 Å². The molecule has 0 radical (unpaired) electrons. The molecule has 0 aromatic carbocycles. The summed E-state index contributed by atoms with van der Waals surface area (Å²) in [6, 6.07) is -1.54. The molecule has 1 saturated heterocycles. The minimum Gasteiger partial charge on any atom is -0.353 e. The molecule has 0 aromatic heterocycles. The summed E-state index contributed by atoms with van der Waals surface area (Å²) < 4.78 is 37.7. The molecule has 1 amide bonds. The molecule has 88 valence electrons. The molecule has 0 spiro atoms. The predicted octanol–water partition coefficient (Wildman–Crippen LogP) is 1.01. The number of amides is 1. The Morgan fingerprint density at radius 2 is 2.13 bits per heavy atom. The first kappa shape index (κ1) is 12.3. The Morgan fingerprint density at radius 1 is 1.53 bits per heavy atom. The first-order valence-electron chi connectivity index (χ1n) is 4.88. The van der Waals surface area contributed by atoms with Crippen molar-refractivity contribution in [2.45, 2.75) is 26.1 Å². The standard InChI is InChI=1S/C9H15F3N2O/c1-6(2)4-14-5-8(15)13-3-7(14)9(10,11)12/h6-7H,3-5H2,1-2H3,(H,13,15). The lowest BCUT2D eigenvalue weighted by molar-refractivity contribution is -0.189. The minimum absolute atomic E-state index is 0.112. The molecule has 0 bridgehead atoms. The van der Waals surface area contributed by atoms with E-state index < -0.39 is 12.2 Å². The molecule has 1 rings (SSSR count). The number of carbonyl (C=O) groups is 1.